The summed E-state index contributed by atoms with van der Waals surface area (Å²) in [6.07, 6.45) is 1.58. The van der Waals surface area contributed by atoms with Gasteiger partial charge in [-0.15, -0.1) is 0 Å². The van der Waals surface area contributed by atoms with E-state index in [0.717, 1.165) is 16.7 Å². The lowest BCUT2D eigenvalue weighted by Gasteiger charge is -2.13. The van der Waals surface area contributed by atoms with Crippen molar-refractivity contribution < 1.29 is 28.2 Å². The third-order valence-corrected chi connectivity index (χ3v) is 5.06. The third-order valence-electron chi connectivity index (χ3n) is 4.15. The van der Waals surface area contributed by atoms with Crippen molar-refractivity contribution in [1.29, 1.82) is 0 Å². The zero-order valence-corrected chi connectivity index (χ0v) is 16.3. The molecule has 0 spiro atoms. The van der Waals surface area contributed by atoms with Crippen LogP contribution < -0.4 is 14.2 Å². The van der Waals surface area contributed by atoms with Gasteiger partial charge in [0.2, 0.25) is 0 Å². The first kappa shape index (κ1) is 19.8. The molecule has 0 aliphatic carbocycles. The molecule has 0 aromatic heterocycles. The highest BCUT2D eigenvalue weighted by molar-refractivity contribution is 8.18. The van der Waals surface area contributed by atoms with E-state index in [1.54, 1.807) is 30.3 Å². The van der Waals surface area contributed by atoms with Crippen molar-refractivity contribution in [2.75, 3.05) is 21.3 Å². The molecular weight excluding hydrogens is 385 g/mol. The van der Waals surface area contributed by atoms with Crippen LogP contribution in [0.2, 0.25) is 0 Å². The highest BCUT2D eigenvalue weighted by Gasteiger charge is 2.35. The normalized spacial score (nSPS) is 15.3. The van der Waals surface area contributed by atoms with Crippen LogP contribution in [0.4, 0.5) is 9.18 Å². The zero-order chi connectivity index (χ0) is 20.3. The van der Waals surface area contributed by atoms with Crippen molar-refractivity contribution >= 4 is 29.0 Å². The van der Waals surface area contributed by atoms with Crippen molar-refractivity contribution in [3.05, 3.63) is 58.2 Å². The number of benzene rings is 2. The second-order valence-electron chi connectivity index (χ2n) is 5.84. The predicted octanol–water partition coefficient (Wildman–Crippen LogP) is 4.09. The summed E-state index contributed by atoms with van der Waals surface area (Å²) in [4.78, 5) is 26.4. The van der Waals surface area contributed by atoms with Gasteiger partial charge >= 0.3 is 0 Å². The molecule has 1 fully saturated rings. The van der Waals surface area contributed by atoms with Crippen LogP contribution >= 0.6 is 11.8 Å². The Bertz CT molecular complexity index is 942. The van der Waals surface area contributed by atoms with Crippen molar-refractivity contribution in [3.63, 3.8) is 0 Å². The number of carbonyl (C=O) groups excluding carboxylic acids is 2. The quantitative estimate of drug-likeness (QED) is 0.677. The minimum Gasteiger partial charge on any atom is -0.496 e. The van der Waals surface area contributed by atoms with Crippen LogP contribution in [0.25, 0.3) is 6.08 Å². The molecule has 1 heterocycles. The molecule has 2 amide bonds. The molecule has 146 valence electrons. The van der Waals surface area contributed by atoms with Gasteiger partial charge in [0, 0.05) is 11.6 Å². The number of thioether (sulfide) groups is 1. The second kappa shape index (κ2) is 8.35. The third kappa shape index (κ3) is 3.96. The Kier molecular flexibility index (Phi) is 5.89. The summed E-state index contributed by atoms with van der Waals surface area (Å²) >= 11 is 0.838. The van der Waals surface area contributed by atoms with Gasteiger partial charge in [0.15, 0.2) is 11.5 Å². The van der Waals surface area contributed by atoms with Crippen molar-refractivity contribution in [1.82, 2.24) is 4.90 Å². The number of hydrogen-bond acceptors (Lipinski definition) is 6. The highest BCUT2D eigenvalue weighted by Crippen LogP contribution is 2.39. The number of rotatable bonds is 6. The van der Waals surface area contributed by atoms with Crippen LogP contribution in [-0.2, 0) is 11.3 Å². The minimum absolute atomic E-state index is 0.0748. The van der Waals surface area contributed by atoms with E-state index in [4.69, 9.17) is 14.2 Å². The predicted molar refractivity (Wildman–Crippen MR) is 104 cm³/mol. The fourth-order valence-electron chi connectivity index (χ4n) is 2.72. The van der Waals surface area contributed by atoms with Gasteiger partial charge in [0.25, 0.3) is 11.1 Å². The maximum absolute atomic E-state index is 13.1. The number of halogens is 1. The van der Waals surface area contributed by atoms with Gasteiger partial charge in [-0.3, -0.25) is 14.5 Å². The standard InChI is InChI=1S/C20H18FNO5S/c1-25-15-10-17(27-3)16(26-2)8-13(15)9-18-19(23)22(20(24)28-18)11-12-4-6-14(21)7-5-12/h4-10H,11H2,1-3H3/b18-9+. The Labute approximate surface area is 165 Å². The molecule has 0 radical (unpaired) electrons. The van der Waals surface area contributed by atoms with Gasteiger partial charge in [-0.05, 0) is 41.6 Å². The topological polar surface area (TPSA) is 65.1 Å². The smallest absolute Gasteiger partial charge is 0.293 e. The Hall–Kier alpha value is -3.00. The molecule has 1 saturated heterocycles. The van der Waals surface area contributed by atoms with E-state index in [2.05, 4.69) is 0 Å². The summed E-state index contributed by atoms with van der Waals surface area (Å²) in [6, 6.07) is 8.98. The molecule has 2 aromatic carbocycles. The van der Waals surface area contributed by atoms with Gasteiger partial charge in [-0.2, -0.15) is 0 Å². The molecule has 3 rings (SSSR count). The van der Waals surface area contributed by atoms with E-state index in [9.17, 15) is 14.0 Å². The van der Waals surface area contributed by atoms with Crippen LogP contribution in [0.5, 0.6) is 17.2 Å². The lowest BCUT2D eigenvalue weighted by atomic mass is 10.1. The molecule has 0 saturated carbocycles. The van der Waals surface area contributed by atoms with Crippen LogP contribution in [-0.4, -0.2) is 37.4 Å². The van der Waals surface area contributed by atoms with Gasteiger partial charge in [-0.25, -0.2) is 4.39 Å². The Balaban J connectivity index is 1.90. The molecule has 28 heavy (non-hydrogen) atoms. The number of imide groups is 1. The fourth-order valence-corrected chi connectivity index (χ4v) is 3.54. The van der Waals surface area contributed by atoms with Crippen molar-refractivity contribution in [2.24, 2.45) is 0 Å². The molecule has 0 unspecified atom stereocenters. The average Bonchev–Trinajstić information content (AvgIpc) is 2.96. The molecule has 8 heteroatoms. The van der Waals surface area contributed by atoms with E-state index in [0.29, 0.717) is 28.4 Å². The van der Waals surface area contributed by atoms with Crippen LogP contribution in [0, 0.1) is 5.82 Å². The van der Waals surface area contributed by atoms with Crippen LogP contribution in [0.1, 0.15) is 11.1 Å². The molecule has 6 nitrogen and oxygen atoms in total. The maximum atomic E-state index is 13.1. The molecular formula is C20H18FNO5S. The lowest BCUT2D eigenvalue weighted by molar-refractivity contribution is -0.123. The zero-order valence-electron chi connectivity index (χ0n) is 15.5. The first-order chi connectivity index (χ1) is 13.5. The summed E-state index contributed by atoms with van der Waals surface area (Å²) in [5, 5.41) is -0.389. The van der Waals surface area contributed by atoms with E-state index in [1.165, 1.54) is 33.5 Å². The van der Waals surface area contributed by atoms with Gasteiger partial charge in [-0.1, -0.05) is 12.1 Å². The summed E-state index contributed by atoms with van der Waals surface area (Å²) in [6.45, 7) is 0.0748. The SMILES string of the molecule is COc1cc(OC)c(OC)cc1/C=C1/SC(=O)N(Cc2ccc(F)cc2)C1=O. The first-order valence-electron chi connectivity index (χ1n) is 8.26. The molecule has 0 bridgehead atoms. The van der Waals surface area contributed by atoms with Crippen LogP contribution in [0.3, 0.4) is 0 Å². The van der Waals surface area contributed by atoms with Crippen molar-refractivity contribution in [3.8, 4) is 17.2 Å². The number of hydrogen-bond donors (Lipinski definition) is 0. The number of carbonyl (C=O) groups is 2. The van der Waals surface area contributed by atoms with E-state index in [1.807, 2.05) is 0 Å². The molecule has 0 atom stereocenters. The number of methoxy groups -OCH3 is 3. The maximum Gasteiger partial charge on any atom is 0.293 e. The lowest BCUT2D eigenvalue weighted by Crippen LogP contribution is -2.27. The van der Waals surface area contributed by atoms with E-state index in [-0.39, 0.29) is 22.5 Å². The summed E-state index contributed by atoms with van der Waals surface area (Å²) < 4.78 is 28.9. The number of ether oxygens (including phenoxy) is 3. The monoisotopic (exact) mass is 403 g/mol. The summed E-state index contributed by atoms with van der Waals surface area (Å²) in [5.74, 6) is 0.637. The van der Waals surface area contributed by atoms with Crippen LogP contribution in [0.15, 0.2) is 41.3 Å². The van der Waals surface area contributed by atoms with E-state index >= 15 is 0 Å². The molecule has 1 aliphatic rings. The van der Waals surface area contributed by atoms with Gasteiger partial charge < -0.3 is 14.2 Å². The first-order valence-corrected chi connectivity index (χ1v) is 9.08. The summed E-state index contributed by atoms with van der Waals surface area (Å²) in [7, 11) is 4.52. The Morgan fingerprint density at radius 1 is 0.964 bits per heavy atom. The highest BCUT2D eigenvalue weighted by atomic mass is 32.2. The fraction of sp³-hybridized carbons (Fsp3) is 0.200. The van der Waals surface area contributed by atoms with Gasteiger partial charge in [0.05, 0.1) is 32.8 Å². The molecule has 2 aromatic rings. The Morgan fingerprint density at radius 2 is 1.57 bits per heavy atom. The van der Waals surface area contributed by atoms with Gasteiger partial charge in [0.1, 0.15) is 11.6 Å². The second-order valence-corrected chi connectivity index (χ2v) is 6.84. The summed E-state index contributed by atoms with van der Waals surface area (Å²) in [5.41, 5.74) is 1.24. The minimum atomic E-state index is -0.420. The molecule has 0 N–H and O–H groups in total. The number of nitrogens with zero attached hydrogens (tertiary/aromatic N) is 1. The molecule has 1 aliphatic heterocycles. The average molecular weight is 403 g/mol. The van der Waals surface area contributed by atoms with E-state index < -0.39 is 5.91 Å². The van der Waals surface area contributed by atoms with Crippen molar-refractivity contribution in [2.45, 2.75) is 6.54 Å². The number of amides is 2. The largest absolute Gasteiger partial charge is 0.496 e. The Morgan fingerprint density at radius 3 is 2.18 bits per heavy atom.